The van der Waals surface area contributed by atoms with Crippen LogP contribution in [0, 0.1) is 0 Å². The van der Waals surface area contributed by atoms with Crippen LogP contribution in [0.1, 0.15) is 58.3 Å². The minimum absolute atomic E-state index is 0.224. The van der Waals surface area contributed by atoms with Crippen LogP contribution >= 0.6 is 0 Å². The highest BCUT2D eigenvalue weighted by Crippen LogP contribution is 2.28. The molecule has 2 atom stereocenters. The first-order valence-electron chi connectivity index (χ1n) is 11.6. The Morgan fingerprint density at radius 1 is 1.10 bits per heavy atom. The van der Waals surface area contributed by atoms with Crippen LogP contribution in [0.2, 0.25) is 0 Å². The van der Waals surface area contributed by atoms with E-state index < -0.39 is 0 Å². The van der Waals surface area contributed by atoms with Crippen LogP contribution < -0.4 is 9.64 Å². The molecule has 3 aliphatic heterocycles. The van der Waals surface area contributed by atoms with Crippen LogP contribution in [0.5, 0.6) is 5.88 Å². The van der Waals surface area contributed by atoms with Gasteiger partial charge in [-0.15, -0.1) is 0 Å². The Labute approximate surface area is 175 Å². The molecule has 3 fully saturated rings. The van der Waals surface area contributed by atoms with E-state index in [4.69, 9.17) is 4.74 Å². The molecule has 4 heterocycles. The van der Waals surface area contributed by atoms with Crippen molar-refractivity contribution in [3.8, 4) is 5.88 Å². The van der Waals surface area contributed by atoms with Gasteiger partial charge in [0.2, 0.25) is 11.8 Å². The molecule has 1 aromatic rings. The first-order chi connectivity index (χ1) is 14.2. The molecular formula is C23H36N4O2. The summed E-state index contributed by atoms with van der Waals surface area (Å²) >= 11 is 0. The predicted octanol–water partition coefficient (Wildman–Crippen LogP) is 3.32. The topological polar surface area (TPSA) is 48.9 Å². The molecule has 160 valence electrons. The number of rotatable bonds is 8. The van der Waals surface area contributed by atoms with Crippen molar-refractivity contribution in [2.75, 3.05) is 44.2 Å². The molecule has 1 amide bonds. The average Bonchev–Trinajstić information content (AvgIpc) is 3.32. The number of carbonyl (C=O) groups is 1. The van der Waals surface area contributed by atoms with E-state index in [2.05, 4.69) is 21.7 Å². The standard InChI is InChI=1S/C23H36N4O2/c1-19-7-5-14-26(19)15-6-16-29-22-10-8-20(17-24-22)27-21(9-11-23(27)28)18-25-12-3-2-4-13-25/h8,10,17,19,21H,2-7,9,11-16,18H2,1H3. The second kappa shape index (κ2) is 9.90. The summed E-state index contributed by atoms with van der Waals surface area (Å²) in [5.74, 6) is 0.879. The van der Waals surface area contributed by atoms with Gasteiger partial charge < -0.3 is 19.4 Å². The van der Waals surface area contributed by atoms with E-state index >= 15 is 0 Å². The van der Waals surface area contributed by atoms with Gasteiger partial charge in [-0.3, -0.25) is 4.79 Å². The fourth-order valence-corrected chi connectivity index (χ4v) is 5.08. The van der Waals surface area contributed by atoms with Crippen molar-refractivity contribution in [2.45, 2.75) is 70.4 Å². The van der Waals surface area contributed by atoms with Crippen molar-refractivity contribution in [3.05, 3.63) is 18.3 Å². The Kier molecular flexibility index (Phi) is 7.03. The highest BCUT2D eigenvalue weighted by atomic mass is 16.5. The van der Waals surface area contributed by atoms with E-state index in [0.717, 1.165) is 31.6 Å². The predicted molar refractivity (Wildman–Crippen MR) is 115 cm³/mol. The smallest absolute Gasteiger partial charge is 0.227 e. The number of pyridine rings is 1. The van der Waals surface area contributed by atoms with Crippen LogP contribution in [0.3, 0.4) is 0 Å². The zero-order chi connectivity index (χ0) is 20.1. The summed E-state index contributed by atoms with van der Waals surface area (Å²) in [7, 11) is 0. The molecule has 0 N–H and O–H groups in total. The third kappa shape index (κ3) is 5.28. The Balaban J connectivity index is 1.27. The summed E-state index contributed by atoms with van der Waals surface area (Å²) < 4.78 is 5.84. The van der Waals surface area contributed by atoms with Crippen LogP contribution in [0.25, 0.3) is 0 Å². The normalized spacial score (nSPS) is 26.4. The molecule has 29 heavy (non-hydrogen) atoms. The first kappa shape index (κ1) is 20.6. The molecule has 0 bridgehead atoms. The van der Waals surface area contributed by atoms with E-state index in [0.29, 0.717) is 24.9 Å². The average molecular weight is 401 g/mol. The first-order valence-corrected chi connectivity index (χ1v) is 11.6. The maximum Gasteiger partial charge on any atom is 0.227 e. The molecule has 0 saturated carbocycles. The number of piperidine rings is 1. The molecular weight excluding hydrogens is 364 g/mol. The van der Waals surface area contributed by atoms with Crippen molar-refractivity contribution in [1.82, 2.24) is 14.8 Å². The highest BCUT2D eigenvalue weighted by molar-refractivity contribution is 5.96. The molecule has 6 nitrogen and oxygen atoms in total. The van der Waals surface area contributed by atoms with Crippen LogP contribution in [-0.4, -0.2) is 72.1 Å². The number of aromatic nitrogens is 1. The Bertz CT molecular complexity index is 659. The van der Waals surface area contributed by atoms with Crippen LogP contribution in [-0.2, 0) is 4.79 Å². The molecule has 0 radical (unpaired) electrons. The lowest BCUT2D eigenvalue weighted by Crippen LogP contribution is -2.43. The molecule has 0 spiro atoms. The van der Waals surface area contributed by atoms with Crippen LogP contribution in [0.4, 0.5) is 5.69 Å². The van der Waals surface area contributed by atoms with Gasteiger partial charge >= 0.3 is 0 Å². The van der Waals surface area contributed by atoms with Gasteiger partial charge in [-0.25, -0.2) is 4.98 Å². The van der Waals surface area contributed by atoms with Gasteiger partial charge in [-0.05, 0) is 71.1 Å². The van der Waals surface area contributed by atoms with Gasteiger partial charge in [0.15, 0.2) is 0 Å². The minimum Gasteiger partial charge on any atom is -0.478 e. The highest BCUT2D eigenvalue weighted by Gasteiger charge is 2.33. The largest absolute Gasteiger partial charge is 0.478 e. The Morgan fingerprint density at radius 2 is 1.97 bits per heavy atom. The summed E-state index contributed by atoms with van der Waals surface area (Å²) in [5.41, 5.74) is 0.910. The second-order valence-electron chi connectivity index (χ2n) is 8.90. The number of amides is 1. The van der Waals surface area contributed by atoms with E-state index in [1.165, 1.54) is 51.7 Å². The van der Waals surface area contributed by atoms with Crippen molar-refractivity contribution in [2.24, 2.45) is 0 Å². The van der Waals surface area contributed by atoms with Gasteiger partial charge in [-0.1, -0.05) is 6.42 Å². The Hall–Kier alpha value is -1.66. The SMILES string of the molecule is CC1CCCN1CCCOc1ccc(N2C(=O)CCC2CN2CCCCC2)cn1. The molecule has 2 unspecified atom stereocenters. The minimum atomic E-state index is 0.224. The maximum absolute atomic E-state index is 12.5. The summed E-state index contributed by atoms with van der Waals surface area (Å²) in [5, 5.41) is 0. The van der Waals surface area contributed by atoms with E-state index in [-0.39, 0.29) is 11.9 Å². The molecule has 4 rings (SSSR count). The molecule has 0 aromatic carbocycles. The third-order valence-electron chi connectivity index (χ3n) is 6.77. The number of carbonyl (C=O) groups excluding carboxylic acids is 1. The zero-order valence-corrected chi connectivity index (χ0v) is 17.9. The lowest BCUT2D eigenvalue weighted by Gasteiger charge is -2.32. The summed E-state index contributed by atoms with van der Waals surface area (Å²) in [6, 6.07) is 4.90. The number of nitrogens with zero attached hydrogens (tertiary/aromatic N) is 4. The molecule has 3 saturated heterocycles. The molecule has 3 aliphatic rings. The number of likely N-dealkylation sites (tertiary alicyclic amines) is 2. The molecule has 6 heteroatoms. The fourth-order valence-electron chi connectivity index (χ4n) is 5.08. The lowest BCUT2D eigenvalue weighted by atomic mass is 10.1. The van der Waals surface area contributed by atoms with Gasteiger partial charge in [0.25, 0.3) is 0 Å². The third-order valence-corrected chi connectivity index (χ3v) is 6.77. The summed E-state index contributed by atoms with van der Waals surface area (Å²) in [6.07, 6.45) is 11.0. The monoisotopic (exact) mass is 400 g/mol. The van der Waals surface area contributed by atoms with Gasteiger partial charge in [-0.2, -0.15) is 0 Å². The fraction of sp³-hybridized carbons (Fsp3) is 0.739. The maximum atomic E-state index is 12.5. The van der Waals surface area contributed by atoms with Gasteiger partial charge in [0, 0.05) is 31.6 Å². The van der Waals surface area contributed by atoms with Crippen molar-refractivity contribution in [1.29, 1.82) is 0 Å². The Morgan fingerprint density at radius 3 is 2.69 bits per heavy atom. The van der Waals surface area contributed by atoms with E-state index in [9.17, 15) is 4.79 Å². The number of ether oxygens (including phenoxy) is 1. The molecule has 0 aliphatic carbocycles. The number of hydrogen-bond donors (Lipinski definition) is 0. The zero-order valence-electron chi connectivity index (χ0n) is 17.9. The van der Waals surface area contributed by atoms with Crippen molar-refractivity contribution in [3.63, 3.8) is 0 Å². The van der Waals surface area contributed by atoms with Crippen LogP contribution in [0.15, 0.2) is 18.3 Å². The van der Waals surface area contributed by atoms with E-state index in [1.807, 2.05) is 23.2 Å². The summed E-state index contributed by atoms with van der Waals surface area (Å²) in [4.78, 5) is 24.0. The second-order valence-corrected chi connectivity index (χ2v) is 8.90. The van der Waals surface area contributed by atoms with Gasteiger partial charge in [0.1, 0.15) is 0 Å². The van der Waals surface area contributed by atoms with Gasteiger partial charge in [0.05, 0.1) is 24.5 Å². The summed E-state index contributed by atoms with van der Waals surface area (Å²) in [6.45, 7) is 8.64. The number of anilines is 1. The van der Waals surface area contributed by atoms with E-state index in [1.54, 1.807) is 0 Å². The lowest BCUT2D eigenvalue weighted by molar-refractivity contribution is -0.117. The van der Waals surface area contributed by atoms with Crippen molar-refractivity contribution >= 4 is 11.6 Å². The quantitative estimate of drug-likeness (QED) is 0.627. The number of hydrogen-bond acceptors (Lipinski definition) is 5. The molecule has 1 aromatic heterocycles. The van der Waals surface area contributed by atoms with Crippen molar-refractivity contribution < 1.29 is 9.53 Å².